The van der Waals surface area contributed by atoms with Crippen molar-refractivity contribution < 1.29 is 19.1 Å². The maximum atomic E-state index is 13.5. The third-order valence-electron chi connectivity index (χ3n) is 6.90. The quantitative estimate of drug-likeness (QED) is 0.754. The van der Waals surface area contributed by atoms with Gasteiger partial charge in [0.1, 0.15) is 5.60 Å². The van der Waals surface area contributed by atoms with E-state index in [9.17, 15) is 14.4 Å². The Hall–Kier alpha value is -2.67. The van der Waals surface area contributed by atoms with Crippen molar-refractivity contribution in [1.29, 1.82) is 0 Å². The number of ether oxygens (including phenoxy) is 1. The Morgan fingerprint density at radius 1 is 1.30 bits per heavy atom. The second-order valence-electron chi connectivity index (χ2n) is 8.99. The highest BCUT2D eigenvalue weighted by Crippen LogP contribution is 2.52. The van der Waals surface area contributed by atoms with E-state index >= 15 is 0 Å². The van der Waals surface area contributed by atoms with Crippen molar-refractivity contribution in [3.63, 3.8) is 0 Å². The lowest BCUT2D eigenvalue weighted by molar-refractivity contribution is -0.144. The monoisotopic (exact) mass is 409 g/mol. The second-order valence-corrected chi connectivity index (χ2v) is 8.99. The summed E-state index contributed by atoms with van der Waals surface area (Å²) in [6.07, 6.45) is 4.22. The zero-order valence-corrected chi connectivity index (χ0v) is 17.4. The highest BCUT2D eigenvalue weighted by Gasteiger charge is 2.67. The highest BCUT2D eigenvalue weighted by molar-refractivity contribution is 5.94. The van der Waals surface area contributed by atoms with E-state index in [2.05, 4.69) is 23.5 Å². The average Bonchev–Trinajstić information content (AvgIpc) is 3.28. The first-order valence-corrected chi connectivity index (χ1v) is 10.7. The molecule has 1 aromatic rings. The van der Waals surface area contributed by atoms with Crippen LogP contribution in [0.3, 0.4) is 0 Å². The van der Waals surface area contributed by atoms with Crippen LogP contribution in [-0.4, -0.2) is 65.4 Å². The Balaban J connectivity index is 1.40. The third-order valence-corrected chi connectivity index (χ3v) is 6.90. The molecule has 0 aliphatic carbocycles. The summed E-state index contributed by atoms with van der Waals surface area (Å²) in [6, 6.07) is 6.25. The molecule has 4 atom stereocenters. The van der Waals surface area contributed by atoms with Gasteiger partial charge >= 0.3 is 0 Å². The van der Waals surface area contributed by atoms with E-state index < -0.39 is 17.4 Å². The molecule has 7 heteroatoms. The summed E-state index contributed by atoms with van der Waals surface area (Å²) in [5.41, 5.74) is 2.69. The Morgan fingerprint density at radius 2 is 2.13 bits per heavy atom. The summed E-state index contributed by atoms with van der Waals surface area (Å²) >= 11 is 0. The van der Waals surface area contributed by atoms with Crippen LogP contribution in [0.5, 0.6) is 0 Å². The third kappa shape index (κ3) is 2.95. The molecule has 3 fully saturated rings. The molecular formula is C23H27N3O4. The SMILES string of the molecule is Cc1ccc(C)c(CN2C[C@]34C=C[C@H](O3)[C@@H](C(=O)N3CCCNC(=O)C3)[C@H]4C2=O)c1. The minimum Gasteiger partial charge on any atom is -0.360 e. The first-order valence-electron chi connectivity index (χ1n) is 10.7. The summed E-state index contributed by atoms with van der Waals surface area (Å²) < 4.78 is 6.24. The van der Waals surface area contributed by atoms with Gasteiger partial charge in [0.15, 0.2) is 0 Å². The molecule has 0 unspecified atom stereocenters. The zero-order valence-electron chi connectivity index (χ0n) is 17.4. The molecular weight excluding hydrogens is 382 g/mol. The Labute approximate surface area is 176 Å². The molecule has 1 spiro atoms. The number of carbonyl (C=O) groups excluding carboxylic acids is 3. The first kappa shape index (κ1) is 19.3. The Morgan fingerprint density at radius 3 is 2.97 bits per heavy atom. The van der Waals surface area contributed by atoms with E-state index in [0.29, 0.717) is 32.6 Å². The highest BCUT2D eigenvalue weighted by atomic mass is 16.5. The van der Waals surface area contributed by atoms with E-state index in [1.807, 2.05) is 30.9 Å². The summed E-state index contributed by atoms with van der Waals surface area (Å²) in [5, 5.41) is 2.80. The van der Waals surface area contributed by atoms with Crippen molar-refractivity contribution in [2.75, 3.05) is 26.2 Å². The number of aryl methyl sites for hydroxylation is 2. The first-order chi connectivity index (χ1) is 14.4. The number of amides is 3. The molecule has 1 N–H and O–H groups in total. The van der Waals surface area contributed by atoms with Gasteiger partial charge in [0.05, 0.1) is 31.0 Å². The molecule has 5 rings (SSSR count). The smallest absolute Gasteiger partial charge is 0.239 e. The van der Waals surface area contributed by atoms with Crippen molar-refractivity contribution in [1.82, 2.24) is 15.1 Å². The van der Waals surface area contributed by atoms with Crippen molar-refractivity contribution in [3.8, 4) is 0 Å². The molecule has 2 bridgehead atoms. The van der Waals surface area contributed by atoms with Crippen LogP contribution in [0, 0.1) is 25.7 Å². The minimum absolute atomic E-state index is 0.0274. The molecule has 4 aliphatic heterocycles. The maximum absolute atomic E-state index is 13.5. The summed E-state index contributed by atoms with van der Waals surface area (Å²) in [4.78, 5) is 42.2. The van der Waals surface area contributed by atoms with E-state index in [4.69, 9.17) is 4.74 Å². The standard InChI is InChI=1S/C23H27N3O4/c1-14-4-5-15(2)16(10-14)11-26-13-23-7-6-17(30-23)19(20(23)22(26)29)21(28)25-9-3-8-24-18(27)12-25/h4-7,10,17,19-20H,3,8-9,11-13H2,1-2H3,(H,24,27)/t17-,19+,20-,23-/m0/s1. The van der Waals surface area contributed by atoms with Crippen LogP contribution in [0.1, 0.15) is 23.1 Å². The molecule has 3 amide bonds. The normalized spacial score (nSPS) is 32.4. The lowest BCUT2D eigenvalue weighted by Crippen LogP contribution is -2.47. The number of likely N-dealkylation sites (tertiary alicyclic amines) is 1. The predicted molar refractivity (Wildman–Crippen MR) is 109 cm³/mol. The molecule has 0 radical (unpaired) electrons. The van der Waals surface area contributed by atoms with Crippen LogP contribution in [0.4, 0.5) is 0 Å². The van der Waals surface area contributed by atoms with Crippen LogP contribution in [0.25, 0.3) is 0 Å². The van der Waals surface area contributed by atoms with Crippen LogP contribution in [0.2, 0.25) is 0 Å². The minimum atomic E-state index is -0.728. The van der Waals surface area contributed by atoms with E-state index in [1.165, 1.54) is 0 Å². The number of rotatable bonds is 3. The summed E-state index contributed by atoms with van der Waals surface area (Å²) in [6.45, 7) is 6.20. The lowest BCUT2D eigenvalue weighted by Gasteiger charge is -2.28. The van der Waals surface area contributed by atoms with Crippen molar-refractivity contribution >= 4 is 17.7 Å². The number of benzene rings is 1. The van der Waals surface area contributed by atoms with Crippen molar-refractivity contribution in [2.45, 2.75) is 38.5 Å². The van der Waals surface area contributed by atoms with E-state index in [-0.39, 0.29) is 30.4 Å². The zero-order chi connectivity index (χ0) is 21.0. The van der Waals surface area contributed by atoms with E-state index in [0.717, 1.165) is 16.7 Å². The van der Waals surface area contributed by atoms with Crippen LogP contribution in [-0.2, 0) is 25.7 Å². The summed E-state index contributed by atoms with van der Waals surface area (Å²) in [7, 11) is 0. The summed E-state index contributed by atoms with van der Waals surface area (Å²) in [5.74, 6) is -1.39. The second kappa shape index (κ2) is 6.94. The predicted octanol–water partition coefficient (Wildman–Crippen LogP) is 0.934. The van der Waals surface area contributed by atoms with Gasteiger partial charge in [0, 0.05) is 19.6 Å². The molecule has 4 heterocycles. The van der Waals surface area contributed by atoms with Crippen LogP contribution >= 0.6 is 0 Å². The fourth-order valence-corrected chi connectivity index (χ4v) is 5.38. The number of nitrogens with one attached hydrogen (secondary N) is 1. The van der Waals surface area contributed by atoms with Gasteiger partial charge in [0.2, 0.25) is 17.7 Å². The average molecular weight is 409 g/mol. The Bertz CT molecular complexity index is 958. The largest absolute Gasteiger partial charge is 0.360 e. The molecule has 0 saturated carbocycles. The maximum Gasteiger partial charge on any atom is 0.239 e. The molecule has 1 aromatic carbocycles. The van der Waals surface area contributed by atoms with Crippen LogP contribution < -0.4 is 5.32 Å². The van der Waals surface area contributed by atoms with Gasteiger partial charge in [-0.3, -0.25) is 14.4 Å². The number of hydrogen-bond acceptors (Lipinski definition) is 4. The van der Waals surface area contributed by atoms with Gasteiger partial charge in [-0.2, -0.15) is 0 Å². The van der Waals surface area contributed by atoms with Crippen molar-refractivity contribution in [3.05, 3.63) is 47.0 Å². The topological polar surface area (TPSA) is 79.0 Å². The van der Waals surface area contributed by atoms with Crippen molar-refractivity contribution in [2.24, 2.45) is 11.8 Å². The fourth-order valence-electron chi connectivity index (χ4n) is 5.38. The van der Waals surface area contributed by atoms with Gasteiger partial charge in [-0.1, -0.05) is 35.9 Å². The molecule has 158 valence electrons. The number of nitrogens with zero attached hydrogens (tertiary/aromatic N) is 2. The van der Waals surface area contributed by atoms with Gasteiger partial charge in [-0.25, -0.2) is 0 Å². The van der Waals surface area contributed by atoms with Gasteiger partial charge in [0.25, 0.3) is 0 Å². The molecule has 7 nitrogen and oxygen atoms in total. The number of carbonyl (C=O) groups is 3. The van der Waals surface area contributed by atoms with Gasteiger partial charge in [-0.15, -0.1) is 0 Å². The fraction of sp³-hybridized carbons (Fsp3) is 0.522. The molecule has 3 saturated heterocycles. The number of fused-ring (bicyclic) bond motifs is 1. The lowest BCUT2D eigenvalue weighted by atomic mass is 9.76. The van der Waals surface area contributed by atoms with Gasteiger partial charge in [-0.05, 0) is 31.4 Å². The number of hydrogen-bond donors (Lipinski definition) is 1. The van der Waals surface area contributed by atoms with Gasteiger partial charge < -0.3 is 19.9 Å². The molecule has 0 aromatic heterocycles. The van der Waals surface area contributed by atoms with Crippen LogP contribution in [0.15, 0.2) is 30.4 Å². The van der Waals surface area contributed by atoms with E-state index in [1.54, 1.807) is 4.90 Å². The molecule has 4 aliphatic rings. The molecule has 30 heavy (non-hydrogen) atoms. The Kier molecular flexibility index (Phi) is 4.47.